The molecule has 27 heavy (non-hydrogen) atoms. The second-order valence-corrected chi connectivity index (χ2v) is 6.66. The number of carbonyl (C=O) groups is 2. The van der Waals surface area contributed by atoms with Crippen LogP contribution in [-0.4, -0.2) is 49.1 Å². The highest BCUT2D eigenvalue weighted by molar-refractivity contribution is 5.92. The summed E-state index contributed by atoms with van der Waals surface area (Å²) in [5, 5.41) is 0. The van der Waals surface area contributed by atoms with Crippen LogP contribution in [0.1, 0.15) is 22.8 Å². The van der Waals surface area contributed by atoms with Crippen molar-refractivity contribution < 1.29 is 18.7 Å². The van der Waals surface area contributed by atoms with E-state index in [4.69, 9.17) is 4.74 Å². The largest absolute Gasteiger partial charge is 0.449 e. The van der Waals surface area contributed by atoms with Crippen molar-refractivity contribution in [3.63, 3.8) is 0 Å². The summed E-state index contributed by atoms with van der Waals surface area (Å²) in [6.45, 7) is 5.74. The van der Waals surface area contributed by atoms with E-state index in [1.807, 2.05) is 30.3 Å². The van der Waals surface area contributed by atoms with Crippen molar-refractivity contribution in [3.05, 3.63) is 65.5 Å². The number of aryl methyl sites for hydroxylation is 1. The zero-order chi connectivity index (χ0) is 19.4. The molecule has 1 aliphatic heterocycles. The molecule has 3 rings (SSSR count). The third kappa shape index (κ3) is 4.45. The second-order valence-electron chi connectivity index (χ2n) is 6.66. The lowest BCUT2D eigenvalue weighted by Crippen LogP contribution is -2.51. The van der Waals surface area contributed by atoms with Gasteiger partial charge in [-0.2, -0.15) is 0 Å². The fourth-order valence-corrected chi connectivity index (χ4v) is 3.08. The monoisotopic (exact) mass is 370 g/mol. The zero-order valence-electron chi connectivity index (χ0n) is 15.5. The maximum absolute atomic E-state index is 13.6. The quantitative estimate of drug-likeness (QED) is 0.777. The van der Waals surface area contributed by atoms with Gasteiger partial charge in [0.15, 0.2) is 6.10 Å². The van der Waals surface area contributed by atoms with Crippen LogP contribution in [0.3, 0.4) is 0 Å². The SMILES string of the molecule is Cc1ccc(C(=O)O[C@H](C)C(=O)N2CCN(c3ccccc3)CC2)cc1F. The number of ether oxygens (including phenoxy) is 1. The van der Waals surface area contributed by atoms with Crippen molar-refractivity contribution in [1.82, 2.24) is 4.90 Å². The Morgan fingerprint density at radius 1 is 1.04 bits per heavy atom. The first-order chi connectivity index (χ1) is 13.0. The molecule has 5 nitrogen and oxygen atoms in total. The normalized spacial score (nSPS) is 15.4. The summed E-state index contributed by atoms with van der Waals surface area (Å²) in [6.07, 6.45) is -0.912. The van der Waals surface area contributed by atoms with Gasteiger partial charge in [-0.05, 0) is 43.7 Å². The number of nitrogens with zero attached hydrogens (tertiary/aromatic N) is 2. The van der Waals surface area contributed by atoms with Crippen molar-refractivity contribution in [2.45, 2.75) is 20.0 Å². The van der Waals surface area contributed by atoms with Gasteiger partial charge in [-0.25, -0.2) is 9.18 Å². The minimum absolute atomic E-state index is 0.103. The van der Waals surface area contributed by atoms with Crippen LogP contribution in [-0.2, 0) is 9.53 Å². The molecule has 1 heterocycles. The molecule has 142 valence electrons. The van der Waals surface area contributed by atoms with Crippen LogP contribution in [0.25, 0.3) is 0 Å². The van der Waals surface area contributed by atoms with E-state index < -0.39 is 17.9 Å². The number of hydrogen-bond donors (Lipinski definition) is 0. The highest BCUT2D eigenvalue weighted by Crippen LogP contribution is 2.17. The van der Waals surface area contributed by atoms with Crippen LogP contribution < -0.4 is 4.90 Å². The number of anilines is 1. The van der Waals surface area contributed by atoms with Gasteiger partial charge < -0.3 is 14.5 Å². The lowest BCUT2D eigenvalue weighted by Gasteiger charge is -2.37. The number of piperazine rings is 1. The van der Waals surface area contributed by atoms with E-state index in [0.717, 1.165) is 24.8 Å². The van der Waals surface area contributed by atoms with Crippen molar-refractivity contribution in [1.29, 1.82) is 0 Å². The van der Waals surface area contributed by atoms with E-state index >= 15 is 0 Å². The summed E-state index contributed by atoms with van der Waals surface area (Å²) < 4.78 is 18.9. The van der Waals surface area contributed by atoms with Crippen molar-refractivity contribution in [2.75, 3.05) is 31.1 Å². The van der Waals surface area contributed by atoms with Crippen LogP contribution in [0.5, 0.6) is 0 Å². The molecule has 6 heteroatoms. The molecule has 2 aromatic rings. The van der Waals surface area contributed by atoms with E-state index in [0.29, 0.717) is 18.7 Å². The highest BCUT2D eigenvalue weighted by atomic mass is 19.1. The first kappa shape index (κ1) is 18.9. The van der Waals surface area contributed by atoms with Crippen molar-refractivity contribution >= 4 is 17.6 Å². The van der Waals surface area contributed by atoms with Gasteiger partial charge in [-0.1, -0.05) is 24.3 Å². The molecule has 1 amide bonds. The van der Waals surface area contributed by atoms with Crippen LogP contribution in [0.15, 0.2) is 48.5 Å². The number of rotatable bonds is 4. The molecule has 0 aromatic heterocycles. The number of benzene rings is 2. The maximum atomic E-state index is 13.6. The number of hydrogen-bond acceptors (Lipinski definition) is 4. The lowest BCUT2D eigenvalue weighted by atomic mass is 10.1. The molecule has 2 aromatic carbocycles. The molecule has 0 unspecified atom stereocenters. The summed E-state index contributed by atoms with van der Waals surface area (Å²) >= 11 is 0. The first-order valence-electron chi connectivity index (χ1n) is 9.01. The number of para-hydroxylation sites is 1. The molecule has 0 bridgehead atoms. The van der Waals surface area contributed by atoms with E-state index in [1.165, 1.54) is 12.1 Å². The van der Waals surface area contributed by atoms with Crippen molar-refractivity contribution in [3.8, 4) is 0 Å². The molecule has 1 fully saturated rings. The smallest absolute Gasteiger partial charge is 0.339 e. The van der Waals surface area contributed by atoms with Gasteiger partial charge in [0.2, 0.25) is 0 Å². The number of esters is 1. The molecular formula is C21H23FN2O3. The Bertz CT molecular complexity index is 817. The number of amides is 1. The van der Waals surface area contributed by atoms with Gasteiger partial charge in [-0.3, -0.25) is 4.79 Å². The average Bonchev–Trinajstić information content (AvgIpc) is 2.70. The Labute approximate surface area is 158 Å². The molecule has 0 N–H and O–H groups in total. The van der Waals surface area contributed by atoms with E-state index in [-0.39, 0.29) is 11.5 Å². The average molecular weight is 370 g/mol. The van der Waals surface area contributed by atoms with Gasteiger partial charge >= 0.3 is 5.97 Å². The molecular weight excluding hydrogens is 347 g/mol. The molecule has 0 saturated carbocycles. The van der Waals surface area contributed by atoms with E-state index in [2.05, 4.69) is 4.90 Å². The predicted octanol–water partition coefficient (Wildman–Crippen LogP) is 3.03. The Morgan fingerprint density at radius 3 is 2.33 bits per heavy atom. The summed E-state index contributed by atoms with van der Waals surface area (Å²) in [4.78, 5) is 28.7. The first-order valence-corrected chi connectivity index (χ1v) is 9.01. The van der Waals surface area contributed by atoms with Crippen LogP contribution in [0, 0.1) is 12.7 Å². The standard InChI is InChI=1S/C21H23FN2O3/c1-15-8-9-17(14-19(15)22)21(26)27-16(2)20(25)24-12-10-23(11-13-24)18-6-4-3-5-7-18/h3-9,14,16H,10-13H2,1-2H3/t16-/m1/s1. The van der Waals surface area contributed by atoms with Crippen molar-refractivity contribution in [2.24, 2.45) is 0 Å². The predicted molar refractivity (Wildman–Crippen MR) is 101 cm³/mol. The molecule has 0 radical (unpaired) electrons. The van der Waals surface area contributed by atoms with Gasteiger partial charge in [0, 0.05) is 31.9 Å². The van der Waals surface area contributed by atoms with Crippen LogP contribution >= 0.6 is 0 Å². The zero-order valence-corrected chi connectivity index (χ0v) is 15.5. The summed E-state index contributed by atoms with van der Waals surface area (Å²) in [5.41, 5.74) is 1.68. The summed E-state index contributed by atoms with van der Waals surface area (Å²) in [7, 11) is 0. The third-order valence-corrected chi connectivity index (χ3v) is 4.75. The maximum Gasteiger partial charge on any atom is 0.339 e. The lowest BCUT2D eigenvalue weighted by molar-refractivity contribution is -0.140. The molecule has 1 aliphatic rings. The Hall–Kier alpha value is -2.89. The number of halogens is 1. The Kier molecular flexibility index (Phi) is 5.74. The van der Waals surface area contributed by atoms with Gasteiger partial charge in [0.1, 0.15) is 5.82 Å². The molecule has 0 aliphatic carbocycles. The van der Waals surface area contributed by atoms with E-state index in [1.54, 1.807) is 18.7 Å². The van der Waals surface area contributed by atoms with E-state index in [9.17, 15) is 14.0 Å². The third-order valence-electron chi connectivity index (χ3n) is 4.75. The van der Waals surface area contributed by atoms with Gasteiger partial charge in [0.25, 0.3) is 5.91 Å². The molecule has 0 spiro atoms. The highest BCUT2D eigenvalue weighted by Gasteiger charge is 2.27. The topological polar surface area (TPSA) is 49.9 Å². The fourth-order valence-electron chi connectivity index (χ4n) is 3.08. The van der Waals surface area contributed by atoms with Crippen LogP contribution in [0.2, 0.25) is 0 Å². The Balaban J connectivity index is 1.55. The Morgan fingerprint density at radius 2 is 1.70 bits per heavy atom. The van der Waals surface area contributed by atoms with Gasteiger partial charge in [-0.15, -0.1) is 0 Å². The van der Waals surface area contributed by atoms with Crippen LogP contribution in [0.4, 0.5) is 10.1 Å². The fraction of sp³-hybridized carbons (Fsp3) is 0.333. The molecule has 1 atom stereocenters. The minimum atomic E-state index is -0.912. The number of carbonyl (C=O) groups excluding carboxylic acids is 2. The van der Waals surface area contributed by atoms with Gasteiger partial charge in [0.05, 0.1) is 5.56 Å². The summed E-state index contributed by atoms with van der Waals surface area (Å²) in [6, 6.07) is 14.2. The minimum Gasteiger partial charge on any atom is -0.449 e. The second kappa shape index (κ2) is 8.20. The molecule has 1 saturated heterocycles. The summed E-state index contributed by atoms with van der Waals surface area (Å²) in [5.74, 6) is -1.40.